The van der Waals surface area contributed by atoms with Gasteiger partial charge in [-0.25, -0.2) is 0 Å². The molecule has 0 saturated carbocycles. The van der Waals surface area contributed by atoms with Gasteiger partial charge in [0.1, 0.15) is 48.8 Å². The van der Waals surface area contributed by atoms with Crippen molar-refractivity contribution in [1.82, 2.24) is 5.32 Å². The van der Waals surface area contributed by atoms with Crippen LogP contribution in [0, 0.1) is 0 Å². The predicted molar refractivity (Wildman–Crippen MR) is 314 cm³/mol. The summed E-state index contributed by atoms with van der Waals surface area (Å²) in [6.45, 7) is 2.77. The van der Waals surface area contributed by atoms with Crippen LogP contribution < -0.4 is 5.32 Å². The maximum atomic E-state index is 13.3. The number of unbranched alkanes of at least 4 members (excludes halogenated alkanes) is 29. The standard InChI is InChI=1S/C64H115NO13/c1-3-5-7-9-11-13-15-17-19-21-23-24-25-26-27-28-30-32-34-36-38-40-42-44-46-48-56(69)65-52(53(68)47-45-43-41-39-37-35-33-31-29-22-20-18-16-14-12-10-8-6-4-2)51-75-63-61(74)59(72)62(55(50-67)77-63)78-64-60(73)58(71)57(70)54(49-66)76-64/h15,17,21,23,29,31,37,39,45,47,52-55,57-64,66-68,70-74H,3-14,16,18-20,22,24-28,30,32-36,38,40-44,46,48-51H2,1-2H3,(H,65,69)/b17-15-,23-21-,31-29+,39-37+,47-45+. The minimum absolute atomic E-state index is 0.254. The molecule has 12 unspecified atom stereocenters. The highest BCUT2D eigenvalue weighted by Crippen LogP contribution is 2.30. The third kappa shape index (κ3) is 34.2. The molecule has 2 aliphatic rings. The minimum Gasteiger partial charge on any atom is -0.394 e. The predicted octanol–water partition coefficient (Wildman–Crippen LogP) is 11.3. The zero-order chi connectivity index (χ0) is 56.7. The topological polar surface area (TPSA) is 228 Å². The van der Waals surface area contributed by atoms with E-state index in [2.05, 4.69) is 67.8 Å². The van der Waals surface area contributed by atoms with Crippen LogP contribution in [-0.2, 0) is 23.7 Å². The van der Waals surface area contributed by atoms with Crippen molar-refractivity contribution in [3.05, 3.63) is 60.8 Å². The quantitative estimate of drug-likeness (QED) is 0.0204. The Kier molecular flexibility index (Phi) is 45.4. The number of carbonyl (C=O) groups is 1. The second-order valence-corrected chi connectivity index (χ2v) is 22.2. The Balaban J connectivity index is 1.75. The van der Waals surface area contributed by atoms with Crippen molar-refractivity contribution in [3.63, 3.8) is 0 Å². The molecule has 0 spiro atoms. The number of nitrogens with one attached hydrogen (secondary N) is 1. The van der Waals surface area contributed by atoms with Gasteiger partial charge in [-0.05, 0) is 77.0 Å². The highest BCUT2D eigenvalue weighted by Gasteiger charge is 2.51. The lowest BCUT2D eigenvalue weighted by atomic mass is 9.97. The number of amides is 1. The Morgan fingerprint density at radius 1 is 0.462 bits per heavy atom. The Hall–Kier alpha value is -2.31. The van der Waals surface area contributed by atoms with Crippen molar-refractivity contribution >= 4 is 5.91 Å². The normalized spacial score (nSPS) is 24.9. The lowest BCUT2D eigenvalue weighted by molar-refractivity contribution is -0.359. The summed E-state index contributed by atoms with van der Waals surface area (Å²) in [7, 11) is 0. The minimum atomic E-state index is -1.79. The van der Waals surface area contributed by atoms with Crippen molar-refractivity contribution < 1.29 is 64.6 Å². The lowest BCUT2D eigenvalue weighted by Crippen LogP contribution is -2.65. The van der Waals surface area contributed by atoms with Crippen LogP contribution >= 0.6 is 0 Å². The van der Waals surface area contributed by atoms with Gasteiger partial charge in [0.25, 0.3) is 0 Å². The van der Waals surface area contributed by atoms with Crippen molar-refractivity contribution in [2.24, 2.45) is 0 Å². The molecule has 12 atom stereocenters. The Morgan fingerprint density at radius 2 is 0.859 bits per heavy atom. The van der Waals surface area contributed by atoms with E-state index in [9.17, 15) is 45.6 Å². The van der Waals surface area contributed by atoms with Crippen LogP contribution in [0.5, 0.6) is 0 Å². The van der Waals surface area contributed by atoms with E-state index in [1.165, 1.54) is 161 Å². The van der Waals surface area contributed by atoms with Crippen LogP contribution in [0.25, 0.3) is 0 Å². The molecule has 0 aromatic heterocycles. The molecule has 1 amide bonds. The van der Waals surface area contributed by atoms with E-state index in [1.807, 2.05) is 6.08 Å². The average molecular weight is 1110 g/mol. The Labute approximate surface area is 473 Å². The second-order valence-electron chi connectivity index (χ2n) is 22.2. The molecule has 2 fully saturated rings. The molecule has 2 rings (SSSR count). The Bertz CT molecular complexity index is 1540. The van der Waals surface area contributed by atoms with E-state index in [0.717, 1.165) is 51.4 Å². The summed E-state index contributed by atoms with van der Waals surface area (Å²) in [5, 5.41) is 87.2. The summed E-state index contributed by atoms with van der Waals surface area (Å²) in [5.74, 6) is -0.254. The average Bonchev–Trinajstić information content (AvgIpc) is 3.44. The van der Waals surface area contributed by atoms with Gasteiger partial charge in [-0.15, -0.1) is 0 Å². The molecule has 2 saturated heterocycles. The van der Waals surface area contributed by atoms with Gasteiger partial charge in [0.05, 0.1) is 32.0 Å². The number of rotatable bonds is 50. The van der Waals surface area contributed by atoms with Crippen LogP contribution in [0.15, 0.2) is 60.8 Å². The van der Waals surface area contributed by atoms with Gasteiger partial charge < -0.3 is 65.1 Å². The number of carbonyl (C=O) groups excluding carboxylic acids is 1. The molecule has 454 valence electrons. The molecule has 78 heavy (non-hydrogen) atoms. The Morgan fingerprint density at radius 3 is 1.33 bits per heavy atom. The van der Waals surface area contributed by atoms with Gasteiger partial charge >= 0.3 is 0 Å². The number of allylic oxidation sites excluding steroid dienone is 9. The first-order valence-electron chi connectivity index (χ1n) is 31.5. The molecule has 14 heteroatoms. The molecule has 9 N–H and O–H groups in total. The summed E-state index contributed by atoms with van der Waals surface area (Å²) < 4.78 is 22.8. The summed E-state index contributed by atoms with van der Waals surface area (Å²) in [6.07, 6.45) is 46.9. The number of hydrogen-bond acceptors (Lipinski definition) is 13. The fourth-order valence-electron chi connectivity index (χ4n) is 10.1. The SMILES string of the molecule is CCCCCCC/C=C\C/C=C\CCCCCCCCCCCCCCCC(=O)NC(COC1OC(CO)C(OC2OC(CO)C(O)C(O)C2O)C(O)C1O)C(O)/C=C/CC/C=C/CC/C=C/CCCCCCCCCCC. The third-order valence-corrected chi connectivity index (χ3v) is 15.2. The maximum absolute atomic E-state index is 13.3. The van der Waals surface area contributed by atoms with Gasteiger partial charge in [0.2, 0.25) is 5.91 Å². The number of aliphatic hydroxyl groups is 8. The fraction of sp³-hybridized carbons (Fsp3) is 0.828. The van der Waals surface area contributed by atoms with Gasteiger partial charge in [0.15, 0.2) is 12.6 Å². The van der Waals surface area contributed by atoms with Crippen LogP contribution in [0.2, 0.25) is 0 Å². The lowest BCUT2D eigenvalue weighted by Gasteiger charge is -2.46. The first kappa shape index (κ1) is 71.8. The van der Waals surface area contributed by atoms with E-state index in [0.29, 0.717) is 12.8 Å². The third-order valence-electron chi connectivity index (χ3n) is 15.2. The van der Waals surface area contributed by atoms with Crippen molar-refractivity contribution in [2.45, 2.75) is 319 Å². The smallest absolute Gasteiger partial charge is 0.220 e. The molecule has 0 radical (unpaired) electrons. The molecule has 2 heterocycles. The van der Waals surface area contributed by atoms with E-state index >= 15 is 0 Å². The van der Waals surface area contributed by atoms with Crippen LogP contribution in [0.4, 0.5) is 0 Å². The summed E-state index contributed by atoms with van der Waals surface area (Å²) >= 11 is 0. The van der Waals surface area contributed by atoms with Crippen LogP contribution in [-0.4, -0.2) is 140 Å². The number of aliphatic hydroxyl groups excluding tert-OH is 8. The molecule has 0 aromatic rings. The van der Waals surface area contributed by atoms with Crippen molar-refractivity contribution in [2.75, 3.05) is 19.8 Å². The molecule has 0 aromatic carbocycles. The first-order chi connectivity index (χ1) is 38.1. The molecular formula is C64H115NO13. The van der Waals surface area contributed by atoms with Crippen LogP contribution in [0.3, 0.4) is 0 Å². The number of hydrogen-bond donors (Lipinski definition) is 9. The fourth-order valence-corrected chi connectivity index (χ4v) is 10.1. The van der Waals surface area contributed by atoms with Gasteiger partial charge in [-0.3, -0.25) is 4.79 Å². The highest BCUT2D eigenvalue weighted by atomic mass is 16.7. The highest BCUT2D eigenvalue weighted by molar-refractivity contribution is 5.76. The summed E-state index contributed by atoms with van der Waals surface area (Å²) in [6, 6.07) is -0.940. The van der Waals surface area contributed by atoms with Crippen molar-refractivity contribution in [1.29, 1.82) is 0 Å². The van der Waals surface area contributed by atoms with Gasteiger partial charge in [-0.1, -0.05) is 222 Å². The molecule has 14 nitrogen and oxygen atoms in total. The molecule has 0 aliphatic carbocycles. The zero-order valence-corrected chi connectivity index (χ0v) is 48.9. The molecule has 0 bridgehead atoms. The first-order valence-corrected chi connectivity index (χ1v) is 31.5. The van der Waals surface area contributed by atoms with E-state index in [-0.39, 0.29) is 18.9 Å². The van der Waals surface area contributed by atoms with Crippen LogP contribution in [0.1, 0.15) is 245 Å². The largest absolute Gasteiger partial charge is 0.394 e. The van der Waals surface area contributed by atoms with Gasteiger partial charge in [-0.2, -0.15) is 0 Å². The van der Waals surface area contributed by atoms with Crippen molar-refractivity contribution in [3.8, 4) is 0 Å². The zero-order valence-electron chi connectivity index (χ0n) is 48.9. The maximum Gasteiger partial charge on any atom is 0.220 e. The van der Waals surface area contributed by atoms with E-state index < -0.39 is 86.8 Å². The summed E-state index contributed by atoms with van der Waals surface area (Å²) in [4.78, 5) is 13.3. The monoisotopic (exact) mass is 1110 g/mol. The summed E-state index contributed by atoms with van der Waals surface area (Å²) in [5.41, 5.74) is 0. The van der Waals surface area contributed by atoms with E-state index in [4.69, 9.17) is 18.9 Å². The van der Waals surface area contributed by atoms with E-state index in [1.54, 1.807) is 6.08 Å². The van der Waals surface area contributed by atoms with Gasteiger partial charge in [0, 0.05) is 6.42 Å². The second kappa shape index (κ2) is 49.3. The molecular weight excluding hydrogens is 991 g/mol. The number of ether oxygens (including phenoxy) is 4. The molecule has 2 aliphatic heterocycles.